The molecular formula is C11H14ClN3O2. The van der Waals surface area contributed by atoms with E-state index in [4.69, 9.17) is 15.2 Å². The van der Waals surface area contributed by atoms with Crippen LogP contribution in [0.4, 0.5) is 0 Å². The molecule has 0 saturated carbocycles. The lowest BCUT2D eigenvalue weighted by Gasteiger charge is -2.23. The molecule has 2 aliphatic heterocycles. The average Bonchev–Trinajstić information content (AvgIpc) is 2.75. The Balaban J connectivity index is 0.00000108. The number of halogens is 1. The molecule has 0 fully saturated rings. The average molecular weight is 256 g/mol. The van der Waals surface area contributed by atoms with Crippen molar-refractivity contribution in [2.45, 2.75) is 12.5 Å². The third kappa shape index (κ3) is 2.24. The summed E-state index contributed by atoms with van der Waals surface area (Å²) in [5.74, 6) is 2.12. The zero-order valence-corrected chi connectivity index (χ0v) is 10.00. The van der Waals surface area contributed by atoms with E-state index < -0.39 is 0 Å². The van der Waals surface area contributed by atoms with E-state index in [1.54, 1.807) is 0 Å². The fourth-order valence-electron chi connectivity index (χ4n) is 1.99. The highest BCUT2D eigenvalue weighted by Gasteiger charge is 2.19. The zero-order valence-electron chi connectivity index (χ0n) is 9.18. The number of aliphatic imine (C=N–C) groups is 1. The summed E-state index contributed by atoms with van der Waals surface area (Å²) in [6, 6.07) is 6.18. The minimum Gasteiger partial charge on any atom is -0.454 e. The number of nitrogens with zero attached hydrogens (tertiary/aromatic N) is 1. The number of ether oxygens (including phenoxy) is 2. The first-order valence-electron chi connectivity index (χ1n) is 5.29. The van der Waals surface area contributed by atoms with Gasteiger partial charge in [0, 0.05) is 6.54 Å². The number of guanidine groups is 1. The Morgan fingerprint density at radius 3 is 2.94 bits per heavy atom. The van der Waals surface area contributed by atoms with Gasteiger partial charge in [0.25, 0.3) is 0 Å². The third-order valence-corrected chi connectivity index (χ3v) is 2.82. The minimum absolute atomic E-state index is 0. The third-order valence-electron chi connectivity index (χ3n) is 2.82. The summed E-state index contributed by atoms with van der Waals surface area (Å²) in [6.45, 7) is 1.07. The van der Waals surface area contributed by atoms with Crippen molar-refractivity contribution in [2.75, 3.05) is 13.3 Å². The summed E-state index contributed by atoms with van der Waals surface area (Å²) in [6.07, 6.45) is 0.945. The molecule has 0 spiro atoms. The molecule has 0 radical (unpaired) electrons. The van der Waals surface area contributed by atoms with Gasteiger partial charge in [-0.2, -0.15) is 0 Å². The second-order valence-corrected chi connectivity index (χ2v) is 3.87. The van der Waals surface area contributed by atoms with Crippen LogP contribution in [0.1, 0.15) is 18.0 Å². The summed E-state index contributed by atoms with van der Waals surface area (Å²) < 4.78 is 10.6. The van der Waals surface area contributed by atoms with E-state index in [0.717, 1.165) is 30.0 Å². The fraction of sp³-hybridized carbons (Fsp3) is 0.364. The molecule has 1 aromatic carbocycles. The molecular weight excluding hydrogens is 242 g/mol. The van der Waals surface area contributed by atoms with Gasteiger partial charge >= 0.3 is 0 Å². The number of nitrogens with one attached hydrogen (secondary N) is 1. The van der Waals surface area contributed by atoms with Crippen LogP contribution >= 0.6 is 12.4 Å². The molecule has 1 unspecified atom stereocenters. The van der Waals surface area contributed by atoms with E-state index in [9.17, 15) is 0 Å². The number of nitrogens with two attached hydrogens (primary N) is 1. The molecule has 3 rings (SSSR count). The van der Waals surface area contributed by atoms with E-state index in [2.05, 4.69) is 10.3 Å². The van der Waals surface area contributed by atoms with Crippen molar-refractivity contribution in [1.29, 1.82) is 0 Å². The maximum absolute atomic E-state index is 5.66. The maximum Gasteiger partial charge on any atom is 0.231 e. The smallest absolute Gasteiger partial charge is 0.231 e. The molecule has 5 nitrogen and oxygen atoms in total. The minimum atomic E-state index is 0. The molecule has 0 saturated heterocycles. The van der Waals surface area contributed by atoms with Crippen LogP contribution < -0.4 is 20.5 Å². The highest BCUT2D eigenvalue weighted by Crippen LogP contribution is 2.34. The molecule has 0 aliphatic carbocycles. The molecule has 1 aromatic rings. The standard InChI is InChI=1S/C11H13N3O2.ClH/c12-11-13-4-3-8(14-11)7-1-2-9-10(5-7)16-6-15-9;/h1-2,5,8H,3-4,6H2,(H3,12,13,14);1H. The number of rotatable bonds is 1. The van der Waals surface area contributed by atoms with Gasteiger partial charge in [0.1, 0.15) is 0 Å². The number of hydrogen-bond acceptors (Lipinski definition) is 5. The van der Waals surface area contributed by atoms with Crippen molar-refractivity contribution < 1.29 is 9.47 Å². The predicted octanol–water partition coefficient (Wildman–Crippen LogP) is 1.19. The van der Waals surface area contributed by atoms with Crippen LogP contribution in [0.5, 0.6) is 11.5 Å². The summed E-state index contributed by atoms with van der Waals surface area (Å²) in [5, 5.41) is 3.16. The first-order chi connectivity index (χ1) is 7.83. The van der Waals surface area contributed by atoms with Gasteiger partial charge in [-0.25, -0.2) is 0 Å². The second-order valence-electron chi connectivity index (χ2n) is 3.87. The van der Waals surface area contributed by atoms with Crippen molar-refractivity contribution in [2.24, 2.45) is 10.7 Å². The summed E-state index contributed by atoms with van der Waals surface area (Å²) >= 11 is 0. The van der Waals surface area contributed by atoms with Crippen LogP contribution in [0, 0.1) is 0 Å². The lowest BCUT2D eigenvalue weighted by molar-refractivity contribution is 0.174. The Morgan fingerprint density at radius 1 is 1.29 bits per heavy atom. The quantitative estimate of drug-likeness (QED) is 0.791. The van der Waals surface area contributed by atoms with Gasteiger partial charge in [0.15, 0.2) is 17.5 Å². The van der Waals surface area contributed by atoms with Gasteiger partial charge in [0.2, 0.25) is 6.79 Å². The van der Waals surface area contributed by atoms with Crippen molar-refractivity contribution in [3.8, 4) is 11.5 Å². The highest BCUT2D eigenvalue weighted by molar-refractivity contribution is 5.85. The first-order valence-corrected chi connectivity index (χ1v) is 5.29. The Labute approximate surface area is 105 Å². The lowest BCUT2D eigenvalue weighted by Crippen LogP contribution is -2.38. The Kier molecular flexibility index (Phi) is 3.28. The fourth-order valence-corrected chi connectivity index (χ4v) is 1.99. The number of fused-ring (bicyclic) bond motifs is 1. The van der Waals surface area contributed by atoms with E-state index in [1.807, 2.05) is 18.2 Å². The van der Waals surface area contributed by atoms with Crippen molar-refractivity contribution >= 4 is 18.4 Å². The summed E-state index contributed by atoms with van der Waals surface area (Å²) in [4.78, 5) is 4.11. The zero-order chi connectivity index (χ0) is 11.0. The molecule has 3 N–H and O–H groups in total. The van der Waals surface area contributed by atoms with Crippen molar-refractivity contribution in [1.82, 2.24) is 5.32 Å². The predicted molar refractivity (Wildman–Crippen MR) is 66.8 cm³/mol. The Hall–Kier alpha value is -1.62. The van der Waals surface area contributed by atoms with Crippen LogP contribution in [-0.4, -0.2) is 19.3 Å². The van der Waals surface area contributed by atoms with Gasteiger partial charge < -0.3 is 20.5 Å². The highest BCUT2D eigenvalue weighted by atomic mass is 35.5. The summed E-state index contributed by atoms with van der Waals surface area (Å²) in [5.41, 5.74) is 6.81. The summed E-state index contributed by atoms with van der Waals surface area (Å²) in [7, 11) is 0. The molecule has 0 bridgehead atoms. The molecule has 0 aromatic heterocycles. The molecule has 6 heteroatoms. The second kappa shape index (κ2) is 4.71. The van der Waals surface area contributed by atoms with Gasteiger partial charge in [-0.15, -0.1) is 12.4 Å². The lowest BCUT2D eigenvalue weighted by atomic mass is 10.0. The molecule has 92 valence electrons. The topological polar surface area (TPSA) is 68.9 Å². The van der Waals surface area contributed by atoms with Gasteiger partial charge in [-0.1, -0.05) is 6.07 Å². The largest absolute Gasteiger partial charge is 0.454 e. The SMILES string of the molecule is Cl.NC1=NCCC(c2ccc3c(c2)OCO3)N1. The Bertz CT molecular complexity index is 450. The van der Waals surface area contributed by atoms with E-state index >= 15 is 0 Å². The number of benzene rings is 1. The van der Waals surface area contributed by atoms with Gasteiger partial charge in [-0.3, -0.25) is 4.99 Å². The molecule has 1 atom stereocenters. The van der Waals surface area contributed by atoms with Crippen LogP contribution in [0.2, 0.25) is 0 Å². The normalized spacial score (nSPS) is 21.2. The Morgan fingerprint density at radius 2 is 2.12 bits per heavy atom. The monoisotopic (exact) mass is 255 g/mol. The van der Waals surface area contributed by atoms with E-state index in [-0.39, 0.29) is 18.4 Å². The van der Waals surface area contributed by atoms with Crippen LogP contribution in [0.25, 0.3) is 0 Å². The first kappa shape index (κ1) is 11.9. The maximum atomic E-state index is 5.66. The molecule has 2 heterocycles. The molecule has 17 heavy (non-hydrogen) atoms. The van der Waals surface area contributed by atoms with Gasteiger partial charge in [-0.05, 0) is 24.1 Å². The van der Waals surface area contributed by atoms with Gasteiger partial charge in [0.05, 0.1) is 6.04 Å². The van der Waals surface area contributed by atoms with Crippen LogP contribution in [-0.2, 0) is 0 Å². The number of hydrogen-bond donors (Lipinski definition) is 2. The molecule has 0 amide bonds. The van der Waals surface area contributed by atoms with Crippen molar-refractivity contribution in [3.05, 3.63) is 23.8 Å². The van der Waals surface area contributed by atoms with Crippen molar-refractivity contribution in [3.63, 3.8) is 0 Å². The van der Waals surface area contributed by atoms with E-state index in [1.165, 1.54) is 0 Å². The molecule has 2 aliphatic rings. The van der Waals surface area contributed by atoms with Crippen LogP contribution in [0.15, 0.2) is 23.2 Å². The van der Waals surface area contributed by atoms with Crippen LogP contribution in [0.3, 0.4) is 0 Å². The van der Waals surface area contributed by atoms with E-state index in [0.29, 0.717) is 12.8 Å².